The van der Waals surface area contributed by atoms with Crippen LogP contribution in [0.3, 0.4) is 0 Å². The van der Waals surface area contributed by atoms with Crippen LogP contribution in [-0.2, 0) is 65.4 Å². The van der Waals surface area contributed by atoms with Gasteiger partial charge in [-0.3, -0.25) is 37.3 Å². The van der Waals surface area contributed by atoms with E-state index in [0.29, 0.717) is 31.6 Å². The van der Waals surface area contributed by atoms with Gasteiger partial charge in [0, 0.05) is 25.7 Å². The molecule has 0 heterocycles. The number of aliphatic hydroxyl groups is 1. The molecular formula is C72H136O17P2. The van der Waals surface area contributed by atoms with Gasteiger partial charge in [0.15, 0.2) is 12.2 Å². The highest BCUT2D eigenvalue weighted by molar-refractivity contribution is 7.47. The van der Waals surface area contributed by atoms with Crippen molar-refractivity contribution in [1.29, 1.82) is 0 Å². The van der Waals surface area contributed by atoms with Crippen molar-refractivity contribution in [3.05, 3.63) is 24.3 Å². The van der Waals surface area contributed by atoms with Crippen molar-refractivity contribution in [3.63, 3.8) is 0 Å². The van der Waals surface area contributed by atoms with Crippen LogP contribution in [0.15, 0.2) is 24.3 Å². The van der Waals surface area contributed by atoms with Crippen LogP contribution < -0.4 is 0 Å². The molecule has 0 aromatic carbocycles. The Labute approximate surface area is 554 Å². The Kier molecular flexibility index (Phi) is 60.7. The highest BCUT2D eigenvalue weighted by Gasteiger charge is 2.30. The van der Waals surface area contributed by atoms with Gasteiger partial charge in [-0.05, 0) is 69.1 Å². The molecule has 19 heteroatoms. The monoisotopic (exact) mass is 1330 g/mol. The van der Waals surface area contributed by atoms with Crippen LogP contribution in [0, 0.1) is 17.8 Å². The first-order valence-corrected chi connectivity index (χ1v) is 39.7. The first-order chi connectivity index (χ1) is 43.7. The van der Waals surface area contributed by atoms with Crippen molar-refractivity contribution in [2.24, 2.45) is 17.8 Å². The Hall–Kier alpha value is -2.46. The number of ether oxygens (including phenoxy) is 4. The van der Waals surface area contributed by atoms with Gasteiger partial charge in [0.2, 0.25) is 0 Å². The van der Waals surface area contributed by atoms with Crippen LogP contribution in [0.5, 0.6) is 0 Å². The molecule has 0 radical (unpaired) electrons. The topological polar surface area (TPSA) is 237 Å². The number of carbonyl (C=O) groups is 4. The summed E-state index contributed by atoms with van der Waals surface area (Å²) in [5.41, 5.74) is 0. The fourth-order valence-corrected chi connectivity index (χ4v) is 11.9. The molecule has 17 nitrogen and oxygen atoms in total. The predicted octanol–water partition coefficient (Wildman–Crippen LogP) is 20.2. The van der Waals surface area contributed by atoms with Gasteiger partial charge in [-0.1, -0.05) is 285 Å². The summed E-state index contributed by atoms with van der Waals surface area (Å²) in [6.07, 6.45) is 49.4. The molecule has 536 valence electrons. The molecule has 0 fully saturated rings. The third kappa shape index (κ3) is 66.0. The number of rotatable bonds is 68. The molecule has 0 saturated carbocycles. The van der Waals surface area contributed by atoms with E-state index < -0.39 is 97.5 Å². The molecule has 0 rings (SSSR count). The maximum absolute atomic E-state index is 13.0. The lowest BCUT2D eigenvalue weighted by molar-refractivity contribution is -0.161. The van der Waals surface area contributed by atoms with Crippen molar-refractivity contribution in [3.8, 4) is 0 Å². The number of unbranched alkanes of at least 4 members (excludes halogenated alkanes) is 33. The average Bonchev–Trinajstić information content (AvgIpc) is 3.70. The fraction of sp³-hybridized carbons (Fsp3) is 0.889. The Morgan fingerprint density at radius 1 is 0.341 bits per heavy atom. The van der Waals surface area contributed by atoms with Crippen LogP contribution in [0.4, 0.5) is 0 Å². The zero-order valence-corrected chi connectivity index (χ0v) is 60.6. The summed E-state index contributed by atoms with van der Waals surface area (Å²) >= 11 is 0. The Balaban J connectivity index is 5.29. The molecule has 5 atom stereocenters. The van der Waals surface area contributed by atoms with Crippen molar-refractivity contribution in [2.75, 3.05) is 39.6 Å². The standard InChI is InChI=1S/C72H136O17P2/c1-8-9-10-11-12-13-14-15-16-17-20-25-33-41-48-55-71(76)89-68(60-83-70(75)54-47-40-35-28-31-38-45-52-65(6)7)62-87-91(80,81)85-58-66(73)57-84-90(78,79)86-61-67(59-82-69(74)53-46-39-32-27-22-24-30-37-44-51-64(4)5)88-72(77)56-49-42-34-26-21-18-19-23-29-36-43-50-63(2)3/h13-16,63-68,73H,8-12,17-62H2,1-7H3,(H,78,79)(H,80,81)/b14-13-,16-15-/t66?,67-,68-/m1/s1. The first kappa shape index (κ1) is 88.5. The van der Waals surface area contributed by atoms with E-state index in [4.69, 9.17) is 37.0 Å². The number of esters is 4. The minimum atomic E-state index is -4.96. The highest BCUT2D eigenvalue weighted by atomic mass is 31.2. The molecular weight excluding hydrogens is 1200 g/mol. The van der Waals surface area contributed by atoms with Crippen LogP contribution in [0.25, 0.3) is 0 Å². The summed E-state index contributed by atoms with van der Waals surface area (Å²) in [5, 5.41) is 10.6. The van der Waals surface area contributed by atoms with E-state index in [1.54, 1.807) is 0 Å². The van der Waals surface area contributed by atoms with Gasteiger partial charge >= 0.3 is 39.5 Å². The normalized spacial score (nSPS) is 14.3. The van der Waals surface area contributed by atoms with E-state index in [1.165, 1.54) is 128 Å². The number of aliphatic hydroxyl groups excluding tert-OH is 1. The summed E-state index contributed by atoms with van der Waals surface area (Å²) in [4.78, 5) is 72.6. The fourth-order valence-electron chi connectivity index (χ4n) is 10.4. The van der Waals surface area contributed by atoms with E-state index in [2.05, 4.69) is 72.8 Å². The summed E-state index contributed by atoms with van der Waals surface area (Å²) in [6, 6.07) is 0. The molecule has 3 N–H and O–H groups in total. The maximum atomic E-state index is 13.0. The van der Waals surface area contributed by atoms with Gasteiger partial charge in [0.25, 0.3) is 0 Å². The summed E-state index contributed by atoms with van der Waals surface area (Å²) in [6.45, 7) is 11.7. The quantitative estimate of drug-likeness (QED) is 0.0169. The lowest BCUT2D eigenvalue weighted by Gasteiger charge is -2.21. The number of phosphoric acid groups is 2. The number of hydrogen-bond donors (Lipinski definition) is 3. The van der Waals surface area contributed by atoms with E-state index in [0.717, 1.165) is 121 Å². The number of phosphoric ester groups is 2. The average molecular weight is 1340 g/mol. The number of allylic oxidation sites excluding steroid dienone is 4. The van der Waals surface area contributed by atoms with E-state index in [1.807, 2.05) is 0 Å². The van der Waals surface area contributed by atoms with Crippen molar-refractivity contribution < 1.29 is 80.2 Å². The molecule has 91 heavy (non-hydrogen) atoms. The van der Waals surface area contributed by atoms with Gasteiger partial charge in [0.05, 0.1) is 26.4 Å². The lowest BCUT2D eigenvalue weighted by atomic mass is 10.0. The summed E-state index contributed by atoms with van der Waals surface area (Å²) in [7, 11) is -9.92. The van der Waals surface area contributed by atoms with Crippen molar-refractivity contribution >= 4 is 39.5 Å². The molecule has 0 aliphatic carbocycles. The molecule has 0 aromatic heterocycles. The highest BCUT2D eigenvalue weighted by Crippen LogP contribution is 2.45. The van der Waals surface area contributed by atoms with Gasteiger partial charge in [0.1, 0.15) is 19.3 Å². The molecule has 0 aliphatic heterocycles. The first-order valence-electron chi connectivity index (χ1n) is 36.7. The predicted molar refractivity (Wildman–Crippen MR) is 367 cm³/mol. The van der Waals surface area contributed by atoms with E-state index in [-0.39, 0.29) is 25.7 Å². The number of carbonyl (C=O) groups excluding carboxylic acids is 4. The Morgan fingerprint density at radius 2 is 0.593 bits per heavy atom. The second-order valence-corrected chi connectivity index (χ2v) is 29.6. The lowest BCUT2D eigenvalue weighted by Crippen LogP contribution is -2.30. The molecule has 3 unspecified atom stereocenters. The van der Waals surface area contributed by atoms with Crippen molar-refractivity contribution in [1.82, 2.24) is 0 Å². The second kappa shape index (κ2) is 62.4. The third-order valence-electron chi connectivity index (χ3n) is 16.0. The summed E-state index contributed by atoms with van der Waals surface area (Å²) in [5.74, 6) is 0.0524. The van der Waals surface area contributed by atoms with Gasteiger partial charge in [-0.15, -0.1) is 0 Å². The Bertz CT molecular complexity index is 1880. The molecule has 0 saturated heterocycles. The minimum absolute atomic E-state index is 0.0838. The molecule has 0 amide bonds. The third-order valence-corrected chi connectivity index (χ3v) is 17.9. The molecule has 0 aliphatic rings. The van der Waals surface area contributed by atoms with Crippen LogP contribution in [-0.4, -0.2) is 96.7 Å². The van der Waals surface area contributed by atoms with Crippen molar-refractivity contribution in [2.45, 2.75) is 356 Å². The smallest absolute Gasteiger partial charge is 0.462 e. The number of hydrogen-bond acceptors (Lipinski definition) is 15. The van der Waals surface area contributed by atoms with Crippen LogP contribution in [0.1, 0.15) is 337 Å². The van der Waals surface area contributed by atoms with Gasteiger partial charge < -0.3 is 33.8 Å². The van der Waals surface area contributed by atoms with Gasteiger partial charge in [-0.2, -0.15) is 0 Å². The SMILES string of the molecule is CCCCCC/C=C\C=C/CCCCCCCC(=O)O[C@H](COC(=O)CCCCCCCCCC(C)C)COP(=O)(O)OCC(O)COP(=O)(O)OC[C@@H](COC(=O)CCCCCCCCCCCC(C)C)OC(=O)CCCCCCCCCCCCCC(C)C. The van der Waals surface area contributed by atoms with Gasteiger partial charge in [-0.25, -0.2) is 9.13 Å². The zero-order chi connectivity index (χ0) is 67.3. The van der Waals surface area contributed by atoms with Crippen LogP contribution in [0.2, 0.25) is 0 Å². The largest absolute Gasteiger partial charge is 0.472 e. The molecule has 0 aromatic rings. The Morgan fingerprint density at radius 3 is 0.890 bits per heavy atom. The molecule has 0 bridgehead atoms. The second-order valence-electron chi connectivity index (χ2n) is 26.7. The maximum Gasteiger partial charge on any atom is 0.472 e. The molecule has 0 spiro atoms. The minimum Gasteiger partial charge on any atom is -0.462 e. The van der Waals surface area contributed by atoms with Crippen LogP contribution >= 0.6 is 15.6 Å². The summed E-state index contributed by atoms with van der Waals surface area (Å²) < 4.78 is 68.3. The van der Waals surface area contributed by atoms with E-state index >= 15 is 0 Å². The van der Waals surface area contributed by atoms with E-state index in [9.17, 15) is 43.2 Å². The zero-order valence-electron chi connectivity index (χ0n) is 58.8.